The molecule has 1 N–H and O–H groups in total. The van der Waals surface area contributed by atoms with Crippen molar-refractivity contribution in [2.75, 3.05) is 6.61 Å². The number of fused-ring (bicyclic) bond motifs is 4. The number of para-hydroxylation sites is 1. The zero-order valence-corrected chi connectivity index (χ0v) is 18.9. The molecule has 6 rings (SSSR count). The van der Waals surface area contributed by atoms with Gasteiger partial charge in [-0.25, -0.2) is 4.79 Å². The summed E-state index contributed by atoms with van der Waals surface area (Å²) < 4.78 is 5.64. The summed E-state index contributed by atoms with van der Waals surface area (Å²) in [7, 11) is 0. The lowest BCUT2D eigenvalue weighted by Crippen LogP contribution is -2.44. The summed E-state index contributed by atoms with van der Waals surface area (Å²) in [5.41, 5.74) is 4.20. The molecule has 170 valence electrons. The Hall–Kier alpha value is -3.28. The van der Waals surface area contributed by atoms with Gasteiger partial charge in [-0.2, -0.15) is 0 Å². The minimum Gasteiger partial charge on any atom is -0.494 e. The number of nitrogens with one attached hydrogen (secondary N) is 1. The van der Waals surface area contributed by atoms with Gasteiger partial charge in [0, 0.05) is 29.1 Å². The molecule has 2 fully saturated rings. The zero-order chi connectivity index (χ0) is 22.5. The smallest absolute Gasteiger partial charge is 0.328 e. The summed E-state index contributed by atoms with van der Waals surface area (Å²) in [6.07, 6.45) is 5.74. The number of imide groups is 1. The van der Waals surface area contributed by atoms with Crippen LogP contribution in [-0.2, 0) is 11.2 Å². The molecule has 3 aliphatic rings. The van der Waals surface area contributed by atoms with E-state index in [1.165, 1.54) is 6.42 Å². The van der Waals surface area contributed by atoms with Gasteiger partial charge in [0.05, 0.1) is 6.61 Å². The van der Waals surface area contributed by atoms with Crippen molar-refractivity contribution in [3.05, 3.63) is 65.4 Å². The SMILES string of the molecule is CCOc1ccc([C@H]2c3[nH]c4ccccc4c3C[C@@H]3C(=O)N(C4CCCCC4)C(=O)N23)cc1. The largest absolute Gasteiger partial charge is 0.494 e. The molecular formula is C27H29N3O3. The number of carbonyl (C=O) groups excluding carboxylic acids is 2. The first-order valence-electron chi connectivity index (χ1n) is 12.1. The van der Waals surface area contributed by atoms with E-state index >= 15 is 0 Å². The van der Waals surface area contributed by atoms with Crippen molar-refractivity contribution >= 4 is 22.8 Å². The summed E-state index contributed by atoms with van der Waals surface area (Å²) in [5.74, 6) is 0.775. The van der Waals surface area contributed by atoms with Gasteiger partial charge in [0.1, 0.15) is 17.8 Å². The van der Waals surface area contributed by atoms with E-state index in [1.807, 2.05) is 48.2 Å². The number of ether oxygens (including phenoxy) is 1. The molecule has 6 heteroatoms. The van der Waals surface area contributed by atoms with Gasteiger partial charge in [0.15, 0.2) is 0 Å². The number of benzene rings is 2. The predicted octanol–water partition coefficient (Wildman–Crippen LogP) is 5.18. The Kier molecular flexibility index (Phi) is 4.89. The van der Waals surface area contributed by atoms with Crippen LogP contribution in [0.1, 0.15) is 61.9 Å². The second-order valence-corrected chi connectivity index (χ2v) is 9.38. The molecule has 3 heterocycles. The van der Waals surface area contributed by atoms with Crippen molar-refractivity contribution in [2.45, 2.75) is 63.6 Å². The molecule has 1 aliphatic carbocycles. The highest BCUT2D eigenvalue weighted by atomic mass is 16.5. The lowest BCUT2D eigenvalue weighted by molar-refractivity contribution is -0.130. The van der Waals surface area contributed by atoms with E-state index < -0.39 is 6.04 Å². The van der Waals surface area contributed by atoms with Crippen molar-refractivity contribution in [1.29, 1.82) is 0 Å². The highest BCUT2D eigenvalue weighted by Gasteiger charge is 2.54. The number of nitrogens with zero attached hydrogens (tertiary/aromatic N) is 2. The molecule has 0 spiro atoms. The van der Waals surface area contributed by atoms with Crippen LogP contribution in [0.15, 0.2) is 48.5 Å². The Bertz CT molecular complexity index is 1210. The van der Waals surface area contributed by atoms with E-state index in [2.05, 4.69) is 17.1 Å². The van der Waals surface area contributed by atoms with Gasteiger partial charge < -0.3 is 9.72 Å². The van der Waals surface area contributed by atoms with E-state index in [4.69, 9.17) is 4.74 Å². The highest BCUT2D eigenvalue weighted by molar-refractivity contribution is 6.06. The first-order chi connectivity index (χ1) is 16.2. The fraction of sp³-hybridized carbons (Fsp3) is 0.407. The van der Waals surface area contributed by atoms with E-state index in [0.29, 0.717) is 13.0 Å². The summed E-state index contributed by atoms with van der Waals surface area (Å²) in [6.45, 7) is 2.57. The quantitative estimate of drug-likeness (QED) is 0.565. The normalized spacial score (nSPS) is 23.2. The van der Waals surface area contributed by atoms with Gasteiger partial charge in [0.25, 0.3) is 5.91 Å². The number of H-pyrrole nitrogens is 1. The van der Waals surface area contributed by atoms with Crippen molar-refractivity contribution in [3.63, 3.8) is 0 Å². The number of aromatic amines is 1. The van der Waals surface area contributed by atoms with Gasteiger partial charge >= 0.3 is 6.03 Å². The monoisotopic (exact) mass is 443 g/mol. The number of rotatable bonds is 4. The van der Waals surface area contributed by atoms with Crippen LogP contribution in [0.25, 0.3) is 10.9 Å². The van der Waals surface area contributed by atoms with Crippen molar-refractivity contribution in [2.24, 2.45) is 0 Å². The lowest BCUT2D eigenvalue weighted by atomic mass is 9.88. The molecule has 3 aromatic rings. The minimum atomic E-state index is -0.456. The Morgan fingerprint density at radius 2 is 1.76 bits per heavy atom. The van der Waals surface area contributed by atoms with Crippen molar-refractivity contribution < 1.29 is 14.3 Å². The van der Waals surface area contributed by atoms with E-state index in [9.17, 15) is 9.59 Å². The van der Waals surface area contributed by atoms with Gasteiger partial charge in [-0.15, -0.1) is 0 Å². The molecule has 2 atom stereocenters. The third kappa shape index (κ3) is 3.15. The third-order valence-electron chi connectivity index (χ3n) is 7.53. The lowest BCUT2D eigenvalue weighted by Gasteiger charge is -2.36. The van der Waals surface area contributed by atoms with Crippen molar-refractivity contribution in [3.8, 4) is 5.75 Å². The maximum absolute atomic E-state index is 13.8. The Morgan fingerprint density at radius 3 is 2.52 bits per heavy atom. The molecule has 0 radical (unpaired) electrons. The fourth-order valence-corrected chi connectivity index (χ4v) is 6.03. The molecular weight excluding hydrogens is 414 g/mol. The summed E-state index contributed by atoms with van der Waals surface area (Å²) in [6, 6.07) is 15.3. The third-order valence-corrected chi connectivity index (χ3v) is 7.53. The average molecular weight is 444 g/mol. The van der Waals surface area contributed by atoms with Crippen LogP contribution in [0.3, 0.4) is 0 Å². The molecule has 3 amide bonds. The van der Waals surface area contributed by atoms with Crippen LogP contribution < -0.4 is 4.74 Å². The van der Waals surface area contributed by atoms with Crippen molar-refractivity contribution in [1.82, 2.24) is 14.8 Å². The first-order valence-corrected chi connectivity index (χ1v) is 12.1. The maximum atomic E-state index is 13.8. The van der Waals surface area contributed by atoms with Crippen LogP contribution >= 0.6 is 0 Å². The summed E-state index contributed by atoms with van der Waals surface area (Å²) in [4.78, 5) is 34.5. The molecule has 1 saturated heterocycles. The standard InChI is InChI=1S/C27H29N3O3/c1-2-33-19-14-12-17(13-15-19)25-24-21(20-10-6-7-11-22(20)28-24)16-23-26(31)29(27(32)30(23)25)18-8-4-3-5-9-18/h6-7,10-15,18,23,25,28H,2-5,8-9,16H2,1H3/t23-,25+/m1/s1. The molecule has 1 saturated carbocycles. The number of amides is 3. The van der Waals surface area contributed by atoms with E-state index in [-0.39, 0.29) is 24.0 Å². The van der Waals surface area contributed by atoms with Crippen LogP contribution in [0.2, 0.25) is 0 Å². The Balaban J connectivity index is 1.47. The van der Waals surface area contributed by atoms with Gasteiger partial charge in [0.2, 0.25) is 0 Å². The van der Waals surface area contributed by atoms with E-state index in [0.717, 1.165) is 59.2 Å². The fourth-order valence-electron chi connectivity index (χ4n) is 6.03. The van der Waals surface area contributed by atoms with Crippen LogP contribution in [-0.4, -0.2) is 45.4 Å². The van der Waals surface area contributed by atoms with E-state index in [1.54, 1.807) is 4.90 Å². The predicted molar refractivity (Wildman–Crippen MR) is 126 cm³/mol. The molecule has 1 aromatic heterocycles. The second kappa shape index (κ2) is 7.94. The molecule has 6 nitrogen and oxygen atoms in total. The topological polar surface area (TPSA) is 65.6 Å². The van der Waals surface area contributed by atoms with Crippen LogP contribution in [0.5, 0.6) is 5.75 Å². The van der Waals surface area contributed by atoms with Gasteiger partial charge in [-0.1, -0.05) is 49.6 Å². The number of carbonyl (C=O) groups is 2. The molecule has 33 heavy (non-hydrogen) atoms. The minimum absolute atomic E-state index is 0.0282. The summed E-state index contributed by atoms with van der Waals surface area (Å²) >= 11 is 0. The first kappa shape index (κ1) is 20.3. The Labute approximate surface area is 193 Å². The number of hydrogen-bond acceptors (Lipinski definition) is 3. The maximum Gasteiger partial charge on any atom is 0.328 e. The molecule has 0 unspecified atom stereocenters. The highest BCUT2D eigenvalue weighted by Crippen LogP contribution is 2.45. The molecule has 2 aromatic carbocycles. The summed E-state index contributed by atoms with van der Waals surface area (Å²) in [5, 5.41) is 1.14. The van der Waals surface area contributed by atoms with Gasteiger partial charge in [-0.05, 0) is 49.1 Å². The molecule has 0 bridgehead atoms. The zero-order valence-electron chi connectivity index (χ0n) is 18.9. The van der Waals surface area contributed by atoms with Crippen LogP contribution in [0.4, 0.5) is 4.79 Å². The molecule has 2 aliphatic heterocycles. The Morgan fingerprint density at radius 1 is 1.00 bits per heavy atom. The van der Waals surface area contributed by atoms with Gasteiger partial charge in [-0.3, -0.25) is 14.6 Å². The number of aromatic nitrogens is 1. The van der Waals surface area contributed by atoms with Crippen LogP contribution in [0, 0.1) is 0 Å². The number of hydrogen-bond donors (Lipinski definition) is 1. The second-order valence-electron chi connectivity index (χ2n) is 9.38. The number of urea groups is 1. The average Bonchev–Trinajstić information content (AvgIpc) is 3.34.